The van der Waals surface area contributed by atoms with Gasteiger partial charge in [0, 0.05) is 26.1 Å². The van der Waals surface area contributed by atoms with Crippen LogP contribution in [0.2, 0.25) is 0 Å². The Bertz CT molecular complexity index is 1270. The number of fused-ring (bicyclic) bond motifs is 1. The molecule has 1 amide bonds. The lowest BCUT2D eigenvalue weighted by Gasteiger charge is -2.18. The van der Waals surface area contributed by atoms with Crippen LogP contribution < -0.4 is 15.0 Å². The van der Waals surface area contributed by atoms with E-state index in [1.807, 2.05) is 55.4 Å². The van der Waals surface area contributed by atoms with Crippen molar-refractivity contribution in [2.75, 3.05) is 24.3 Å². The van der Waals surface area contributed by atoms with Crippen LogP contribution in [0, 0.1) is 0 Å². The van der Waals surface area contributed by atoms with E-state index in [0.29, 0.717) is 12.1 Å². The van der Waals surface area contributed by atoms with E-state index in [1.165, 1.54) is 12.1 Å². The van der Waals surface area contributed by atoms with Crippen molar-refractivity contribution in [1.29, 1.82) is 0 Å². The number of rotatable bonds is 6. The van der Waals surface area contributed by atoms with E-state index in [1.54, 1.807) is 6.07 Å². The van der Waals surface area contributed by atoms with Crippen LogP contribution in [0.4, 0.5) is 24.5 Å². The van der Waals surface area contributed by atoms with Crippen LogP contribution in [-0.2, 0) is 6.42 Å². The van der Waals surface area contributed by atoms with Gasteiger partial charge in [-0.05, 0) is 42.0 Å². The molecule has 0 aliphatic heterocycles. The van der Waals surface area contributed by atoms with Crippen molar-refractivity contribution in [3.63, 3.8) is 0 Å². The molecule has 0 bridgehead atoms. The Hall–Kier alpha value is -4.01. The van der Waals surface area contributed by atoms with E-state index in [0.717, 1.165) is 40.2 Å². The molecule has 170 valence electrons. The number of hydrogen-bond acceptors (Lipinski definition) is 4. The molecule has 4 aromatic rings. The molecule has 1 heterocycles. The number of nitrogens with one attached hydrogen (secondary N) is 2. The molecule has 0 radical (unpaired) electrons. The van der Waals surface area contributed by atoms with E-state index >= 15 is 0 Å². The number of amides is 1. The molecule has 9 heteroatoms. The monoisotopic (exact) mass is 454 g/mol. The smallest absolute Gasteiger partial charge is 0.406 e. The van der Waals surface area contributed by atoms with Crippen LogP contribution in [0.15, 0.2) is 66.7 Å². The van der Waals surface area contributed by atoms with Crippen molar-refractivity contribution in [1.82, 2.24) is 9.97 Å². The molecule has 0 atom stereocenters. The van der Waals surface area contributed by atoms with Crippen molar-refractivity contribution in [2.45, 2.75) is 12.8 Å². The summed E-state index contributed by atoms with van der Waals surface area (Å²) < 4.78 is 40.9. The van der Waals surface area contributed by atoms with E-state index in [9.17, 15) is 18.0 Å². The zero-order valence-electron chi connectivity index (χ0n) is 17.9. The van der Waals surface area contributed by atoms with Crippen molar-refractivity contribution in [3.05, 3.63) is 83.7 Å². The van der Waals surface area contributed by atoms with E-state index < -0.39 is 18.0 Å². The zero-order chi connectivity index (χ0) is 23.6. The quantitative estimate of drug-likeness (QED) is 0.411. The highest BCUT2D eigenvalue weighted by molar-refractivity contribution is 6.07. The van der Waals surface area contributed by atoms with Crippen molar-refractivity contribution in [3.8, 4) is 5.75 Å². The molecule has 6 nitrogen and oxygen atoms in total. The van der Waals surface area contributed by atoms with Crippen LogP contribution in [0.1, 0.15) is 21.7 Å². The number of benzene rings is 3. The Kier molecular flexibility index (Phi) is 5.95. The number of H-pyrrole nitrogens is 1. The van der Waals surface area contributed by atoms with Crippen LogP contribution in [0.5, 0.6) is 5.75 Å². The molecule has 0 aliphatic carbocycles. The van der Waals surface area contributed by atoms with Gasteiger partial charge in [0.15, 0.2) is 0 Å². The summed E-state index contributed by atoms with van der Waals surface area (Å²) in [6.45, 7) is 0. The minimum atomic E-state index is -4.79. The lowest BCUT2D eigenvalue weighted by molar-refractivity contribution is -0.274. The number of ether oxygens (including phenoxy) is 1. The summed E-state index contributed by atoms with van der Waals surface area (Å²) >= 11 is 0. The second-order valence-corrected chi connectivity index (χ2v) is 7.65. The van der Waals surface area contributed by atoms with Crippen molar-refractivity contribution < 1.29 is 22.7 Å². The SMILES string of the molecule is CN(C)c1cc2nc(Cc3ccccc3)[nH]c2cc1NC(=O)c1ccc(OC(F)(F)F)cc1. The fraction of sp³-hybridized carbons (Fsp3) is 0.167. The first-order valence-corrected chi connectivity index (χ1v) is 10.1. The number of hydrogen-bond donors (Lipinski definition) is 2. The molecule has 1 aromatic heterocycles. The highest BCUT2D eigenvalue weighted by Gasteiger charge is 2.31. The van der Waals surface area contributed by atoms with Gasteiger partial charge < -0.3 is 19.9 Å². The van der Waals surface area contributed by atoms with Crippen LogP contribution in [0.25, 0.3) is 11.0 Å². The lowest BCUT2D eigenvalue weighted by atomic mass is 10.1. The first-order chi connectivity index (χ1) is 15.7. The number of carbonyl (C=O) groups excluding carboxylic acids is 1. The van der Waals surface area contributed by atoms with Gasteiger partial charge in [0.1, 0.15) is 11.6 Å². The molecule has 0 aliphatic rings. The number of halogens is 3. The Morgan fingerprint density at radius 1 is 1.06 bits per heavy atom. The summed E-state index contributed by atoms with van der Waals surface area (Å²) in [5.74, 6) is -0.0532. The molecular weight excluding hydrogens is 433 g/mol. The van der Waals surface area contributed by atoms with Gasteiger partial charge >= 0.3 is 6.36 Å². The fourth-order valence-electron chi connectivity index (χ4n) is 3.44. The third-order valence-electron chi connectivity index (χ3n) is 4.94. The van der Waals surface area contributed by atoms with Gasteiger partial charge in [-0.15, -0.1) is 13.2 Å². The molecule has 0 saturated heterocycles. The molecule has 0 unspecified atom stereocenters. The fourth-order valence-corrected chi connectivity index (χ4v) is 3.44. The highest BCUT2D eigenvalue weighted by Crippen LogP contribution is 2.30. The Morgan fingerprint density at radius 3 is 2.39 bits per heavy atom. The minimum absolute atomic E-state index is 0.198. The van der Waals surface area contributed by atoms with Crippen LogP contribution >= 0.6 is 0 Å². The second-order valence-electron chi connectivity index (χ2n) is 7.65. The maximum absolute atomic E-state index is 12.7. The van der Waals surface area contributed by atoms with Crippen LogP contribution in [0.3, 0.4) is 0 Å². The molecule has 0 fully saturated rings. The standard InChI is InChI=1S/C24H21F3N4O2/c1-31(2)21-14-19-18(28-22(29-19)12-15-6-4-3-5-7-15)13-20(21)30-23(32)16-8-10-17(11-9-16)33-24(25,26)27/h3-11,13-14H,12H2,1-2H3,(H,28,29)(H,30,32). The minimum Gasteiger partial charge on any atom is -0.406 e. The van der Waals surface area contributed by atoms with Crippen molar-refractivity contribution in [2.24, 2.45) is 0 Å². The van der Waals surface area contributed by atoms with Gasteiger partial charge in [0.2, 0.25) is 0 Å². The second kappa shape index (κ2) is 8.85. The number of imidazole rings is 1. The maximum atomic E-state index is 12.7. The van der Waals surface area contributed by atoms with Crippen LogP contribution in [-0.4, -0.2) is 36.3 Å². The van der Waals surface area contributed by atoms with E-state index in [2.05, 4.69) is 20.0 Å². The number of aromatic nitrogens is 2. The molecule has 3 aromatic carbocycles. The van der Waals surface area contributed by atoms with Gasteiger partial charge in [-0.2, -0.15) is 0 Å². The van der Waals surface area contributed by atoms with Gasteiger partial charge in [-0.25, -0.2) is 4.98 Å². The van der Waals surface area contributed by atoms with E-state index in [-0.39, 0.29) is 5.56 Å². The largest absolute Gasteiger partial charge is 0.573 e. The third-order valence-corrected chi connectivity index (χ3v) is 4.94. The first-order valence-electron chi connectivity index (χ1n) is 10.1. The number of aromatic amines is 1. The predicted octanol–water partition coefficient (Wildman–Crippen LogP) is 5.37. The zero-order valence-corrected chi connectivity index (χ0v) is 17.9. The molecule has 0 saturated carbocycles. The van der Waals surface area contributed by atoms with Gasteiger partial charge in [0.05, 0.1) is 22.4 Å². The number of carbonyl (C=O) groups is 1. The summed E-state index contributed by atoms with van der Waals surface area (Å²) in [6.07, 6.45) is -4.15. The number of nitrogens with zero attached hydrogens (tertiary/aromatic N) is 2. The average Bonchev–Trinajstić information content (AvgIpc) is 3.14. The summed E-state index contributed by atoms with van der Waals surface area (Å²) in [6, 6.07) is 18.4. The average molecular weight is 454 g/mol. The Morgan fingerprint density at radius 2 is 1.76 bits per heavy atom. The molecule has 0 spiro atoms. The van der Waals surface area contributed by atoms with Gasteiger partial charge in [-0.1, -0.05) is 30.3 Å². The number of anilines is 2. The molecule has 33 heavy (non-hydrogen) atoms. The van der Waals surface area contributed by atoms with Crippen molar-refractivity contribution >= 4 is 28.3 Å². The van der Waals surface area contributed by atoms with Gasteiger partial charge in [-0.3, -0.25) is 4.79 Å². The summed E-state index contributed by atoms with van der Waals surface area (Å²) in [4.78, 5) is 22.6. The first kappa shape index (κ1) is 22.2. The topological polar surface area (TPSA) is 70.2 Å². The lowest BCUT2D eigenvalue weighted by Crippen LogP contribution is -2.18. The summed E-state index contributed by atoms with van der Waals surface area (Å²) in [5.41, 5.74) is 4.13. The highest BCUT2D eigenvalue weighted by atomic mass is 19.4. The Balaban J connectivity index is 1.58. The predicted molar refractivity (Wildman–Crippen MR) is 121 cm³/mol. The van der Waals surface area contributed by atoms with Gasteiger partial charge in [0.25, 0.3) is 5.91 Å². The maximum Gasteiger partial charge on any atom is 0.573 e. The molecule has 4 rings (SSSR count). The summed E-state index contributed by atoms with van der Waals surface area (Å²) in [5, 5.41) is 2.84. The third kappa shape index (κ3) is 5.43. The molecular formula is C24H21F3N4O2. The number of alkyl halides is 3. The van der Waals surface area contributed by atoms with E-state index in [4.69, 9.17) is 0 Å². The normalized spacial score (nSPS) is 11.4. The summed E-state index contributed by atoms with van der Waals surface area (Å²) in [7, 11) is 3.69. The molecule has 2 N–H and O–H groups in total. The Labute approximate surface area is 188 Å².